The first-order valence-electron chi connectivity index (χ1n) is 7.13. The number of benzene rings is 1. The molecule has 5 nitrogen and oxygen atoms in total. The van der Waals surface area contributed by atoms with Gasteiger partial charge in [0.1, 0.15) is 0 Å². The Morgan fingerprint density at radius 1 is 1.33 bits per heavy atom. The van der Waals surface area contributed by atoms with E-state index in [1.54, 1.807) is 6.07 Å². The molecule has 1 aliphatic heterocycles. The van der Waals surface area contributed by atoms with Crippen molar-refractivity contribution in [3.63, 3.8) is 0 Å². The molecular weight excluding hydrogens is 292 g/mol. The van der Waals surface area contributed by atoms with Crippen molar-refractivity contribution in [1.82, 2.24) is 5.32 Å². The van der Waals surface area contributed by atoms with E-state index in [0.717, 1.165) is 13.0 Å². The average molecular weight is 309 g/mol. The fraction of sp³-hybridized carbons (Fsp3) is 0.467. The zero-order valence-corrected chi connectivity index (χ0v) is 12.2. The van der Waals surface area contributed by atoms with Crippen molar-refractivity contribution >= 4 is 29.2 Å². The maximum Gasteiger partial charge on any atom is 0.337 e. The molecule has 1 aromatic rings. The average Bonchev–Trinajstić information content (AvgIpc) is 3.02. The highest BCUT2D eigenvalue weighted by Gasteiger charge is 2.42. The van der Waals surface area contributed by atoms with E-state index in [1.165, 1.54) is 25.0 Å². The Hall–Kier alpha value is -1.59. The van der Waals surface area contributed by atoms with E-state index in [4.69, 9.17) is 11.6 Å². The summed E-state index contributed by atoms with van der Waals surface area (Å²) in [6.07, 6.45) is 3.40. The Kier molecular flexibility index (Phi) is 3.87. The van der Waals surface area contributed by atoms with Gasteiger partial charge in [-0.25, -0.2) is 4.79 Å². The zero-order valence-electron chi connectivity index (χ0n) is 11.4. The molecule has 0 radical (unpaired) electrons. The Morgan fingerprint density at radius 2 is 2.14 bits per heavy atom. The fourth-order valence-electron chi connectivity index (χ4n) is 3.49. The van der Waals surface area contributed by atoms with Gasteiger partial charge in [0.25, 0.3) is 0 Å². The summed E-state index contributed by atoms with van der Waals surface area (Å²) in [5, 5.41) is 15.5. The first-order chi connectivity index (χ1) is 10.1. The van der Waals surface area contributed by atoms with Gasteiger partial charge in [0.05, 0.1) is 17.3 Å². The number of hydrogen-bond donors (Lipinski definition) is 3. The molecule has 6 heteroatoms. The van der Waals surface area contributed by atoms with E-state index in [2.05, 4.69) is 10.6 Å². The quantitative estimate of drug-likeness (QED) is 0.801. The van der Waals surface area contributed by atoms with Crippen LogP contribution in [0.3, 0.4) is 0 Å². The second-order valence-corrected chi connectivity index (χ2v) is 6.16. The first kappa shape index (κ1) is 14.4. The number of halogens is 1. The zero-order chi connectivity index (χ0) is 15.0. The highest BCUT2D eigenvalue weighted by Crippen LogP contribution is 2.38. The number of nitrogens with one attached hydrogen (secondary N) is 2. The van der Waals surface area contributed by atoms with Gasteiger partial charge in [-0.2, -0.15) is 0 Å². The number of amides is 1. The number of anilines is 1. The van der Waals surface area contributed by atoms with Gasteiger partial charge in [-0.3, -0.25) is 4.79 Å². The van der Waals surface area contributed by atoms with E-state index < -0.39 is 5.97 Å². The maximum absolute atomic E-state index is 12.4. The normalized spacial score (nSPS) is 27.4. The van der Waals surface area contributed by atoms with Crippen LogP contribution in [0.25, 0.3) is 0 Å². The van der Waals surface area contributed by atoms with Crippen LogP contribution in [-0.2, 0) is 4.79 Å². The Balaban J connectivity index is 1.77. The Bertz CT molecular complexity index is 590. The molecule has 0 aromatic heterocycles. The van der Waals surface area contributed by atoms with E-state index in [0.29, 0.717) is 22.5 Å². The van der Waals surface area contributed by atoms with Crippen molar-refractivity contribution in [2.45, 2.75) is 25.3 Å². The van der Waals surface area contributed by atoms with Crippen molar-refractivity contribution in [3.8, 4) is 0 Å². The van der Waals surface area contributed by atoms with Crippen LogP contribution in [0, 0.1) is 11.8 Å². The number of hydrogen-bond acceptors (Lipinski definition) is 3. The molecule has 1 aromatic carbocycles. The fourth-order valence-corrected chi connectivity index (χ4v) is 3.66. The number of aromatic carboxylic acids is 1. The van der Waals surface area contributed by atoms with Crippen LogP contribution in [-0.4, -0.2) is 29.6 Å². The molecule has 3 unspecified atom stereocenters. The van der Waals surface area contributed by atoms with Crippen molar-refractivity contribution < 1.29 is 14.7 Å². The molecule has 112 valence electrons. The largest absolute Gasteiger partial charge is 0.478 e. The molecule has 21 heavy (non-hydrogen) atoms. The third-order valence-corrected chi connectivity index (χ3v) is 4.73. The number of fused-ring (bicyclic) bond motifs is 1. The number of carbonyl (C=O) groups excluding carboxylic acids is 1. The first-order valence-corrected chi connectivity index (χ1v) is 7.51. The van der Waals surface area contributed by atoms with Gasteiger partial charge in [0.2, 0.25) is 5.91 Å². The molecule has 3 N–H and O–H groups in total. The van der Waals surface area contributed by atoms with Gasteiger partial charge in [-0.05, 0) is 49.4 Å². The molecule has 1 amide bonds. The van der Waals surface area contributed by atoms with Gasteiger partial charge < -0.3 is 15.7 Å². The molecule has 0 bridgehead atoms. The number of carboxylic acids is 1. The minimum absolute atomic E-state index is 0.0109. The van der Waals surface area contributed by atoms with Crippen LogP contribution in [0.1, 0.15) is 29.6 Å². The minimum atomic E-state index is -1.11. The molecule has 3 atom stereocenters. The molecule has 1 heterocycles. The summed E-state index contributed by atoms with van der Waals surface area (Å²) in [4.78, 5) is 23.7. The van der Waals surface area contributed by atoms with E-state index >= 15 is 0 Å². The second-order valence-electron chi connectivity index (χ2n) is 5.73. The van der Waals surface area contributed by atoms with E-state index in [-0.39, 0.29) is 17.5 Å². The summed E-state index contributed by atoms with van der Waals surface area (Å²) >= 11 is 5.81. The summed E-state index contributed by atoms with van der Waals surface area (Å²) in [6, 6.07) is 4.23. The van der Waals surface area contributed by atoms with Crippen molar-refractivity contribution in [2.75, 3.05) is 11.9 Å². The third-order valence-electron chi connectivity index (χ3n) is 4.50. The van der Waals surface area contributed by atoms with Gasteiger partial charge in [-0.1, -0.05) is 18.0 Å². The lowest BCUT2D eigenvalue weighted by Gasteiger charge is -2.18. The van der Waals surface area contributed by atoms with Gasteiger partial charge in [-0.15, -0.1) is 0 Å². The molecular formula is C15H17ClN2O3. The lowest BCUT2D eigenvalue weighted by Crippen LogP contribution is -2.40. The van der Waals surface area contributed by atoms with Crippen LogP contribution in [0.15, 0.2) is 18.2 Å². The number of carboxylic acid groups (broad SMARTS) is 1. The van der Waals surface area contributed by atoms with Crippen molar-refractivity contribution in [2.24, 2.45) is 11.8 Å². The van der Waals surface area contributed by atoms with Gasteiger partial charge >= 0.3 is 5.97 Å². The molecule has 3 rings (SSSR count). The molecule has 2 fully saturated rings. The topological polar surface area (TPSA) is 78.4 Å². The van der Waals surface area contributed by atoms with Crippen LogP contribution < -0.4 is 10.6 Å². The van der Waals surface area contributed by atoms with Crippen LogP contribution >= 0.6 is 11.6 Å². The number of carbonyl (C=O) groups is 2. The second kappa shape index (κ2) is 5.66. The Morgan fingerprint density at radius 3 is 2.90 bits per heavy atom. The summed E-state index contributed by atoms with van der Waals surface area (Å²) in [6.45, 7) is 0.870. The third kappa shape index (κ3) is 2.76. The van der Waals surface area contributed by atoms with Crippen molar-refractivity contribution in [3.05, 3.63) is 28.8 Å². The predicted molar refractivity (Wildman–Crippen MR) is 79.7 cm³/mol. The van der Waals surface area contributed by atoms with Crippen LogP contribution in [0.5, 0.6) is 0 Å². The number of rotatable bonds is 3. The molecule has 2 aliphatic rings. The monoisotopic (exact) mass is 308 g/mol. The SMILES string of the molecule is O=C(O)c1cc(Cl)ccc1NC(=O)C1NCC2CCCC21. The summed E-state index contributed by atoms with van der Waals surface area (Å²) in [5.74, 6) is -0.323. The van der Waals surface area contributed by atoms with Gasteiger partial charge in [0.15, 0.2) is 0 Å². The van der Waals surface area contributed by atoms with Crippen molar-refractivity contribution in [1.29, 1.82) is 0 Å². The highest BCUT2D eigenvalue weighted by molar-refractivity contribution is 6.31. The minimum Gasteiger partial charge on any atom is -0.478 e. The highest BCUT2D eigenvalue weighted by atomic mass is 35.5. The lowest BCUT2D eigenvalue weighted by atomic mass is 9.93. The summed E-state index contributed by atoms with van der Waals surface area (Å²) in [7, 11) is 0. The van der Waals surface area contributed by atoms with Gasteiger partial charge in [0, 0.05) is 5.02 Å². The summed E-state index contributed by atoms with van der Waals surface area (Å²) < 4.78 is 0. The van der Waals surface area contributed by atoms with E-state index in [1.807, 2.05) is 0 Å². The predicted octanol–water partition coefficient (Wildman–Crippen LogP) is 2.36. The molecule has 1 saturated carbocycles. The Labute approximate surface area is 127 Å². The van der Waals surface area contributed by atoms with Crippen LogP contribution in [0.4, 0.5) is 5.69 Å². The molecule has 0 spiro atoms. The maximum atomic E-state index is 12.4. The van der Waals surface area contributed by atoms with Crippen LogP contribution in [0.2, 0.25) is 5.02 Å². The molecule has 1 saturated heterocycles. The standard InChI is InChI=1S/C15H17ClN2O3/c16-9-4-5-12(11(6-9)15(20)21)18-14(19)13-10-3-1-2-8(10)7-17-13/h4-6,8,10,13,17H,1-3,7H2,(H,18,19)(H,20,21). The van der Waals surface area contributed by atoms with E-state index in [9.17, 15) is 14.7 Å². The lowest BCUT2D eigenvalue weighted by molar-refractivity contribution is -0.118. The summed E-state index contributed by atoms with van der Waals surface area (Å²) in [5.41, 5.74) is 0.303. The smallest absolute Gasteiger partial charge is 0.337 e. The molecule has 1 aliphatic carbocycles.